The van der Waals surface area contributed by atoms with Gasteiger partial charge in [0.15, 0.2) is 0 Å². The van der Waals surface area contributed by atoms with E-state index in [4.69, 9.17) is 4.42 Å². The zero-order chi connectivity index (χ0) is 13.0. The molecular formula is C13H8O5. The fourth-order valence-electron chi connectivity index (χ4n) is 1.31. The number of esters is 2. The number of carbonyl (C=O) groups is 2. The van der Waals surface area contributed by atoms with Crippen LogP contribution in [0.25, 0.3) is 11.0 Å². The monoisotopic (exact) mass is 244 g/mol. The molecule has 2 heterocycles. The van der Waals surface area contributed by atoms with Crippen LogP contribution in [0.4, 0.5) is 0 Å². The van der Waals surface area contributed by atoms with Crippen LogP contribution in [0, 0.1) is 0 Å². The molecule has 0 atom stereocenters. The predicted molar refractivity (Wildman–Crippen MR) is 62.7 cm³/mol. The summed E-state index contributed by atoms with van der Waals surface area (Å²) in [4.78, 5) is 30.6. The van der Waals surface area contributed by atoms with E-state index in [1.165, 1.54) is 6.07 Å². The number of benzene rings is 1. The molecule has 5 heteroatoms. The maximum Gasteiger partial charge on any atom is 0.338 e. The molecule has 0 bridgehead atoms. The Kier molecular flexibility index (Phi) is 3.33. The highest BCUT2D eigenvalue weighted by Gasteiger charge is 2.10. The summed E-state index contributed by atoms with van der Waals surface area (Å²) in [5.41, 5.74) is 0.337. The highest BCUT2D eigenvalue weighted by atomic mass is 16.6. The standard InChI is InChI=1S/C9H6O2.C4H2O3/c10-9-6-5-7-3-1-2-4-8(7)11-9;5-3-1-2-4(6)7-3/h1-6H;1-2H. The Labute approximate surface area is 101 Å². The predicted octanol–water partition coefficient (Wildman–Crippen LogP) is 1.42. The molecule has 0 aliphatic carbocycles. The molecule has 0 fully saturated rings. The number of carbonyl (C=O) groups excluding carboxylic acids is 2. The van der Waals surface area contributed by atoms with Crippen molar-refractivity contribution in [3.8, 4) is 0 Å². The molecule has 1 aliphatic rings. The van der Waals surface area contributed by atoms with Crippen LogP contribution in [0.3, 0.4) is 0 Å². The van der Waals surface area contributed by atoms with Crippen LogP contribution in [0.15, 0.2) is 57.8 Å². The van der Waals surface area contributed by atoms with Gasteiger partial charge in [0.2, 0.25) is 0 Å². The van der Waals surface area contributed by atoms with Crippen LogP contribution >= 0.6 is 0 Å². The van der Waals surface area contributed by atoms with Crippen molar-refractivity contribution in [2.75, 3.05) is 0 Å². The first-order valence-electron chi connectivity index (χ1n) is 5.08. The largest absolute Gasteiger partial charge is 0.423 e. The lowest BCUT2D eigenvalue weighted by molar-refractivity contribution is -0.150. The Bertz CT molecular complexity index is 665. The van der Waals surface area contributed by atoms with Crippen LogP contribution in [0.2, 0.25) is 0 Å². The quantitative estimate of drug-likeness (QED) is 0.398. The molecule has 1 aliphatic heterocycles. The van der Waals surface area contributed by atoms with Crippen molar-refractivity contribution in [1.82, 2.24) is 0 Å². The van der Waals surface area contributed by atoms with E-state index >= 15 is 0 Å². The van der Waals surface area contributed by atoms with E-state index in [2.05, 4.69) is 4.74 Å². The van der Waals surface area contributed by atoms with E-state index in [0.717, 1.165) is 17.5 Å². The number of hydrogen-bond donors (Lipinski definition) is 0. The van der Waals surface area contributed by atoms with Gasteiger partial charge >= 0.3 is 17.6 Å². The summed E-state index contributed by atoms with van der Waals surface area (Å²) in [6, 6.07) is 10.6. The lowest BCUT2D eigenvalue weighted by Crippen LogP contribution is -1.96. The Morgan fingerprint density at radius 1 is 0.778 bits per heavy atom. The van der Waals surface area contributed by atoms with Crippen molar-refractivity contribution in [3.63, 3.8) is 0 Å². The number of hydrogen-bond acceptors (Lipinski definition) is 5. The highest BCUT2D eigenvalue weighted by Crippen LogP contribution is 2.08. The van der Waals surface area contributed by atoms with E-state index in [-0.39, 0.29) is 5.63 Å². The Balaban J connectivity index is 0.000000149. The lowest BCUT2D eigenvalue weighted by atomic mass is 10.2. The summed E-state index contributed by atoms with van der Waals surface area (Å²) in [6.45, 7) is 0. The molecule has 0 amide bonds. The summed E-state index contributed by atoms with van der Waals surface area (Å²) in [7, 11) is 0. The van der Waals surface area contributed by atoms with Gasteiger partial charge in [0.05, 0.1) is 0 Å². The molecule has 1 aromatic carbocycles. The molecule has 0 radical (unpaired) electrons. The molecule has 90 valence electrons. The summed E-state index contributed by atoms with van der Waals surface area (Å²) in [5, 5.41) is 0.951. The smallest absolute Gasteiger partial charge is 0.338 e. The minimum Gasteiger partial charge on any atom is -0.423 e. The van der Waals surface area contributed by atoms with Gasteiger partial charge in [0.25, 0.3) is 0 Å². The first-order chi connectivity index (χ1) is 8.65. The first-order valence-corrected chi connectivity index (χ1v) is 5.08. The van der Waals surface area contributed by atoms with Gasteiger partial charge in [0, 0.05) is 23.6 Å². The van der Waals surface area contributed by atoms with Crippen LogP contribution in [-0.4, -0.2) is 11.9 Å². The average molecular weight is 244 g/mol. The fraction of sp³-hybridized carbons (Fsp3) is 0. The van der Waals surface area contributed by atoms with E-state index in [1.54, 1.807) is 12.1 Å². The normalized spacial score (nSPS) is 13.1. The zero-order valence-electron chi connectivity index (χ0n) is 9.16. The number of ether oxygens (including phenoxy) is 1. The molecule has 3 rings (SSSR count). The molecule has 1 aromatic heterocycles. The van der Waals surface area contributed by atoms with Gasteiger partial charge in [0.1, 0.15) is 5.58 Å². The van der Waals surface area contributed by atoms with Crippen molar-refractivity contribution < 1.29 is 18.7 Å². The van der Waals surface area contributed by atoms with Crippen molar-refractivity contribution in [3.05, 3.63) is 59.0 Å². The summed E-state index contributed by atoms with van der Waals surface area (Å²) in [5.74, 6) is -1.16. The SMILES string of the molecule is O=C1C=CC(=O)O1.O=c1ccc2ccccc2o1. The van der Waals surface area contributed by atoms with Gasteiger partial charge in [-0.25, -0.2) is 14.4 Å². The molecule has 2 aromatic rings. The molecule has 0 spiro atoms. The van der Waals surface area contributed by atoms with Crippen molar-refractivity contribution in [1.29, 1.82) is 0 Å². The molecule has 0 saturated carbocycles. The number of para-hydroxylation sites is 1. The molecule has 5 nitrogen and oxygen atoms in total. The number of cyclic esters (lactones) is 2. The third kappa shape index (κ3) is 2.91. The van der Waals surface area contributed by atoms with Gasteiger partial charge in [-0.15, -0.1) is 0 Å². The maximum atomic E-state index is 10.7. The minimum absolute atomic E-state index is 0.302. The van der Waals surface area contributed by atoms with Gasteiger partial charge < -0.3 is 9.15 Å². The van der Waals surface area contributed by atoms with Crippen LogP contribution in [0.5, 0.6) is 0 Å². The Morgan fingerprint density at radius 2 is 1.44 bits per heavy atom. The third-order valence-corrected chi connectivity index (χ3v) is 2.09. The Hall–Kier alpha value is -2.69. The van der Waals surface area contributed by atoms with Crippen molar-refractivity contribution in [2.45, 2.75) is 0 Å². The second-order valence-corrected chi connectivity index (χ2v) is 3.37. The zero-order valence-corrected chi connectivity index (χ0v) is 9.16. The number of rotatable bonds is 0. The third-order valence-electron chi connectivity index (χ3n) is 2.09. The molecule has 0 unspecified atom stereocenters. The van der Waals surface area contributed by atoms with Gasteiger partial charge in [-0.1, -0.05) is 18.2 Å². The molecule has 0 N–H and O–H groups in total. The topological polar surface area (TPSA) is 73.6 Å². The fourth-order valence-corrected chi connectivity index (χ4v) is 1.31. The van der Waals surface area contributed by atoms with Crippen molar-refractivity contribution >= 4 is 22.9 Å². The Morgan fingerprint density at radius 3 is 2.06 bits per heavy atom. The van der Waals surface area contributed by atoms with E-state index in [0.29, 0.717) is 5.58 Å². The summed E-state index contributed by atoms with van der Waals surface area (Å²) in [6.07, 6.45) is 2.17. The average Bonchev–Trinajstić information content (AvgIpc) is 2.74. The van der Waals surface area contributed by atoms with Gasteiger partial charge in [-0.2, -0.15) is 0 Å². The van der Waals surface area contributed by atoms with Crippen LogP contribution in [0.1, 0.15) is 0 Å². The minimum atomic E-state index is -0.579. The van der Waals surface area contributed by atoms with E-state index in [9.17, 15) is 14.4 Å². The van der Waals surface area contributed by atoms with Gasteiger partial charge in [-0.3, -0.25) is 0 Å². The highest BCUT2D eigenvalue weighted by molar-refractivity contribution is 6.04. The molecule has 0 saturated heterocycles. The number of fused-ring (bicyclic) bond motifs is 1. The second kappa shape index (κ2) is 5.09. The molecular weight excluding hydrogens is 236 g/mol. The lowest BCUT2D eigenvalue weighted by Gasteiger charge is -1.91. The van der Waals surface area contributed by atoms with E-state index in [1.807, 2.05) is 18.2 Å². The molecule has 18 heavy (non-hydrogen) atoms. The van der Waals surface area contributed by atoms with Crippen LogP contribution in [-0.2, 0) is 14.3 Å². The second-order valence-electron chi connectivity index (χ2n) is 3.37. The summed E-state index contributed by atoms with van der Waals surface area (Å²) < 4.78 is 8.88. The summed E-state index contributed by atoms with van der Waals surface area (Å²) >= 11 is 0. The maximum absolute atomic E-state index is 10.7. The van der Waals surface area contributed by atoms with Crippen molar-refractivity contribution in [2.24, 2.45) is 0 Å². The van der Waals surface area contributed by atoms with Crippen LogP contribution < -0.4 is 5.63 Å². The first kappa shape index (κ1) is 11.8. The van der Waals surface area contributed by atoms with E-state index < -0.39 is 11.9 Å². The van der Waals surface area contributed by atoms with Gasteiger partial charge in [-0.05, 0) is 12.1 Å².